The molecule has 1 aliphatic rings. The molecule has 1 unspecified atom stereocenters. The Hall–Kier alpha value is -2.47. The van der Waals surface area contributed by atoms with Crippen LogP contribution < -0.4 is 10.1 Å². The minimum absolute atomic E-state index is 0.0888. The van der Waals surface area contributed by atoms with E-state index in [0.717, 1.165) is 29.0 Å². The van der Waals surface area contributed by atoms with Crippen LogP contribution in [-0.4, -0.2) is 39.6 Å². The predicted octanol–water partition coefficient (Wildman–Crippen LogP) is 3.41. The van der Waals surface area contributed by atoms with Crippen molar-refractivity contribution in [2.24, 2.45) is 5.92 Å². The lowest BCUT2D eigenvalue weighted by Gasteiger charge is -2.28. The highest BCUT2D eigenvalue weighted by Crippen LogP contribution is 2.26. The molecule has 1 atom stereocenters. The lowest BCUT2D eigenvalue weighted by atomic mass is 9.93. The molecule has 28 heavy (non-hydrogen) atoms. The van der Waals surface area contributed by atoms with Crippen LogP contribution in [-0.2, 0) is 25.4 Å². The van der Waals surface area contributed by atoms with Crippen molar-refractivity contribution in [2.75, 3.05) is 27.6 Å². The van der Waals surface area contributed by atoms with Gasteiger partial charge in [-0.05, 0) is 61.1 Å². The van der Waals surface area contributed by atoms with Crippen LogP contribution in [0.15, 0.2) is 35.7 Å². The van der Waals surface area contributed by atoms with Gasteiger partial charge in [-0.1, -0.05) is 19.9 Å². The van der Waals surface area contributed by atoms with Crippen molar-refractivity contribution in [2.45, 2.75) is 40.2 Å². The van der Waals surface area contributed by atoms with Crippen LogP contribution in [0, 0.1) is 19.8 Å². The number of aryl methyl sites for hydroxylation is 2. The normalized spacial score (nSPS) is 16.2. The van der Waals surface area contributed by atoms with E-state index in [2.05, 4.69) is 43.8 Å². The van der Waals surface area contributed by atoms with Gasteiger partial charge in [-0.3, -0.25) is 0 Å². The van der Waals surface area contributed by atoms with Crippen LogP contribution in [0.5, 0.6) is 5.75 Å². The minimum Gasteiger partial charge on any atom is -0.482 e. The third-order valence-corrected chi connectivity index (χ3v) is 4.67. The van der Waals surface area contributed by atoms with Gasteiger partial charge in [0.05, 0.1) is 12.8 Å². The average molecular weight is 389 g/mol. The molecule has 0 saturated heterocycles. The summed E-state index contributed by atoms with van der Waals surface area (Å²) < 4.78 is 20.8. The van der Waals surface area contributed by atoms with E-state index >= 15 is 0 Å². The first-order chi connectivity index (χ1) is 13.3. The number of dihydropyridines is 1. The largest absolute Gasteiger partial charge is 0.482 e. The topological polar surface area (TPSA) is 66.0 Å². The fourth-order valence-electron chi connectivity index (χ4n) is 3.21. The van der Waals surface area contributed by atoms with Gasteiger partial charge in [-0.25, -0.2) is 4.79 Å². The number of ether oxygens (including phenoxy) is 4. The molecular formula is C22H31NO5. The summed E-state index contributed by atoms with van der Waals surface area (Å²) in [5.41, 5.74) is 4.60. The second-order valence-corrected chi connectivity index (χ2v) is 7.20. The molecular weight excluding hydrogens is 358 g/mol. The summed E-state index contributed by atoms with van der Waals surface area (Å²) in [5.74, 6) is 1.42. The Morgan fingerprint density at radius 2 is 1.82 bits per heavy atom. The summed E-state index contributed by atoms with van der Waals surface area (Å²) in [6.07, 6.45) is 4.99. The van der Waals surface area contributed by atoms with Gasteiger partial charge in [-0.15, -0.1) is 0 Å². The lowest BCUT2D eigenvalue weighted by molar-refractivity contribution is -0.142. The Labute approximate surface area is 167 Å². The molecule has 0 saturated carbocycles. The SMILES string of the molecule is COCOC1=C(C(C)C)NC(Cc2c(C)cc(OCC(=O)OC)cc2C)C=C1. The molecule has 1 aromatic rings. The Balaban J connectivity index is 2.10. The second-order valence-electron chi connectivity index (χ2n) is 7.20. The molecule has 2 rings (SSSR count). The van der Waals surface area contributed by atoms with E-state index in [1.165, 1.54) is 12.7 Å². The van der Waals surface area contributed by atoms with Crippen LogP contribution in [0.3, 0.4) is 0 Å². The van der Waals surface area contributed by atoms with Crippen molar-refractivity contribution >= 4 is 5.97 Å². The number of benzene rings is 1. The van der Waals surface area contributed by atoms with E-state index in [0.29, 0.717) is 11.7 Å². The van der Waals surface area contributed by atoms with Crippen LogP contribution in [0.4, 0.5) is 0 Å². The molecule has 0 fully saturated rings. The molecule has 0 radical (unpaired) electrons. The van der Waals surface area contributed by atoms with E-state index in [1.807, 2.05) is 18.2 Å². The zero-order valence-corrected chi connectivity index (χ0v) is 17.6. The van der Waals surface area contributed by atoms with E-state index < -0.39 is 5.97 Å². The number of allylic oxidation sites excluding steroid dienone is 2. The quantitative estimate of drug-likeness (QED) is 0.516. The summed E-state index contributed by atoms with van der Waals surface area (Å²) in [4.78, 5) is 11.3. The third kappa shape index (κ3) is 5.76. The first-order valence-corrected chi connectivity index (χ1v) is 9.46. The number of esters is 1. The average Bonchev–Trinajstić information content (AvgIpc) is 2.67. The van der Waals surface area contributed by atoms with Crippen LogP contribution in [0.25, 0.3) is 0 Å². The summed E-state index contributed by atoms with van der Waals surface area (Å²) >= 11 is 0. The van der Waals surface area contributed by atoms with E-state index in [-0.39, 0.29) is 19.4 Å². The van der Waals surface area contributed by atoms with E-state index in [9.17, 15) is 4.79 Å². The second kappa shape index (κ2) is 10.2. The minimum atomic E-state index is -0.393. The van der Waals surface area contributed by atoms with Gasteiger partial charge in [0.2, 0.25) is 0 Å². The third-order valence-electron chi connectivity index (χ3n) is 4.67. The first kappa shape index (κ1) is 21.8. The van der Waals surface area contributed by atoms with E-state index in [1.54, 1.807) is 7.11 Å². The molecule has 0 spiro atoms. The summed E-state index contributed by atoms with van der Waals surface area (Å²) in [7, 11) is 2.96. The van der Waals surface area contributed by atoms with Crippen LogP contribution in [0.2, 0.25) is 0 Å². The van der Waals surface area contributed by atoms with Gasteiger partial charge in [0.1, 0.15) is 11.5 Å². The van der Waals surface area contributed by atoms with Crippen molar-refractivity contribution < 1.29 is 23.7 Å². The van der Waals surface area contributed by atoms with Crippen molar-refractivity contribution in [3.8, 4) is 5.75 Å². The monoisotopic (exact) mass is 389 g/mol. The van der Waals surface area contributed by atoms with Gasteiger partial charge in [-0.2, -0.15) is 0 Å². The Morgan fingerprint density at radius 1 is 1.14 bits per heavy atom. The summed E-state index contributed by atoms with van der Waals surface area (Å²) in [6.45, 7) is 8.54. The number of carbonyl (C=O) groups excluding carboxylic acids is 1. The molecule has 6 heteroatoms. The number of carbonyl (C=O) groups is 1. The number of hydrogen-bond donors (Lipinski definition) is 1. The maximum absolute atomic E-state index is 11.3. The van der Waals surface area contributed by atoms with Gasteiger partial charge < -0.3 is 24.3 Å². The summed E-state index contributed by atoms with van der Waals surface area (Å²) in [5, 5.41) is 3.60. The molecule has 0 aromatic heterocycles. The number of hydrogen-bond acceptors (Lipinski definition) is 6. The standard InChI is InChI=1S/C22H31NO5/c1-14(2)22-20(28-13-25-5)8-7-17(23-22)11-19-15(3)9-18(10-16(19)4)27-12-21(24)26-6/h7-10,14,17,23H,11-13H2,1-6H3. The van der Waals surface area contributed by atoms with Crippen molar-refractivity contribution in [1.82, 2.24) is 5.32 Å². The Kier molecular flexibility index (Phi) is 7.93. The Bertz CT molecular complexity index is 728. The maximum atomic E-state index is 11.3. The fraction of sp³-hybridized carbons (Fsp3) is 0.500. The molecule has 0 amide bonds. The first-order valence-electron chi connectivity index (χ1n) is 9.46. The van der Waals surface area contributed by atoms with Crippen molar-refractivity contribution in [1.29, 1.82) is 0 Å². The molecule has 154 valence electrons. The smallest absolute Gasteiger partial charge is 0.343 e. The summed E-state index contributed by atoms with van der Waals surface area (Å²) in [6, 6.07) is 4.10. The molecule has 1 aromatic carbocycles. The number of rotatable bonds is 9. The van der Waals surface area contributed by atoms with Gasteiger partial charge >= 0.3 is 5.97 Å². The predicted molar refractivity (Wildman–Crippen MR) is 108 cm³/mol. The highest BCUT2D eigenvalue weighted by Gasteiger charge is 2.20. The fourth-order valence-corrected chi connectivity index (χ4v) is 3.21. The molecule has 1 N–H and O–H groups in total. The van der Waals surface area contributed by atoms with Crippen molar-refractivity contribution in [3.63, 3.8) is 0 Å². The number of methoxy groups -OCH3 is 2. The molecule has 0 aliphatic carbocycles. The number of nitrogens with one attached hydrogen (secondary N) is 1. The zero-order valence-electron chi connectivity index (χ0n) is 17.6. The van der Waals surface area contributed by atoms with E-state index in [4.69, 9.17) is 14.2 Å². The molecule has 1 heterocycles. The molecule has 1 aliphatic heterocycles. The van der Waals surface area contributed by atoms with Crippen LogP contribution in [0.1, 0.15) is 30.5 Å². The highest BCUT2D eigenvalue weighted by atomic mass is 16.7. The molecule has 0 bridgehead atoms. The van der Waals surface area contributed by atoms with Gasteiger partial charge in [0.25, 0.3) is 0 Å². The highest BCUT2D eigenvalue weighted by molar-refractivity contribution is 5.70. The maximum Gasteiger partial charge on any atom is 0.343 e. The van der Waals surface area contributed by atoms with Gasteiger partial charge in [0.15, 0.2) is 13.4 Å². The lowest BCUT2D eigenvalue weighted by Crippen LogP contribution is -2.34. The zero-order chi connectivity index (χ0) is 20.7. The Morgan fingerprint density at radius 3 is 2.39 bits per heavy atom. The van der Waals surface area contributed by atoms with Gasteiger partial charge in [0, 0.05) is 13.2 Å². The van der Waals surface area contributed by atoms with Crippen LogP contribution >= 0.6 is 0 Å². The molecule has 6 nitrogen and oxygen atoms in total. The van der Waals surface area contributed by atoms with Crippen molar-refractivity contribution in [3.05, 3.63) is 52.4 Å².